The maximum Gasteiger partial charge on any atom is 0.312 e. The minimum atomic E-state index is -0.460. The van der Waals surface area contributed by atoms with Crippen molar-refractivity contribution in [3.63, 3.8) is 0 Å². The van der Waals surface area contributed by atoms with Crippen LogP contribution >= 0.6 is 0 Å². The summed E-state index contributed by atoms with van der Waals surface area (Å²) in [6.07, 6.45) is 8.63. The Hall–Kier alpha value is -2.69. The number of esters is 1. The predicted octanol–water partition coefficient (Wildman–Crippen LogP) is 5.34. The van der Waals surface area contributed by atoms with Crippen LogP contribution in [0.2, 0.25) is 0 Å². The molecular formula is C25H29N3O2. The Bertz CT molecular complexity index is 1130. The summed E-state index contributed by atoms with van der Waals surface area (Å²) in [7, 11) is 0. The molecule has 2 saturated carbocycles. The van der Waals surface area contributed by atoms with Gasteiger partial charge in [0.25, 0.3) is 0 Å². The minimum absolute atomic E-state index is 0.0961. The predicted molar refractivity (Wildman–Crippen MR) is 117 cm³/mol. The van der Waals surface area contributed by atoms with Gasteiger partial charge in [0.05, 0.1) is 28.5 Å². The summed E-state index contributed by atoms with van der Waals surface area (Å²) < 4.78 is 5.65. The zero-order valence-electron chi connectivity index (χ0n) is 18.2. The molecule has 5 heteroatoms. The second kappa shape index (κ2) is 6.40. The monoisotopic (exact) mass is 403 g/mol. The van der Waals surface area contributed by atoms with Crippen molar-refractivity contribution in [1.29, 1.82) is 0 Å². The first kappa shape index (κ1) is 19.3. The van der Waals surface area contributed by atoms with Crippen LogP contribution in [0.5, 0.6) is 0 Å². The quantitative estimate of drug-likeness (QED) is 0.584. The van der Waals surface area contributed by atoms with Crippen LogP contribution < -0.4 is 0 Å². The van der Waals surface area contributed by atoms with Crippen molar-refractivity contribution in [2.75, 3.05) is 0 Å². The number of aromatic nitrogens is 3. The zero-order chi connectivity index (χ0) is 21.1. The Morgan fingerprint density at radius 3 is 2.57 bits per heavy atom. The molecule has 3 aromatic heterocycles. The molecule has 0 atom stereocenters. The second-order valence-electron chi connectivity index (χ2n) is 10.4. The fraction of sp³-hybridized carbons (Fsp3) is 0.480. The standard InChI is InChI=1S/C25H29N3O2/c1-23(2,3)30-22(29)25(8-9-25)14-18-11-16-12-20(28-21(16)15-27-18)19-13-17(5-10-26-19)24(4)6-7-24/h5,10-13,15,28H,6-9,14H2,1-4H3. The first-order chi connectivity index (χ1) is 14.2. The molecule has 2 aliphatic carbocycles. The summed E-state index contributed by atoms with van der Waals surface area (Å²) in [4.78, 5) is 25.3. The molecule has 0 bridgehead atoms. The average Bonchev–Trinajstić information content (AvgIpc) is 3.59. The van der Waals surface area contributed by atoms with Crippen molar-refractivity contribution in [3.8, 4) is 11.4 Å². The zero-order valence-corrected chi connectivity index (χ0v) is 18.2. The Morgan fingerprint density at radius 2 is 1.90 bits per heavy atom. The highest BCUT2D eigenvalue weighted by Gasteiger charge is 2.52. The summed E-state index contributed by atoms with van der Waals surface area (Å²) in [6, 6.07) is 8.55. The van der Waals surface area contributed by atoms with E-state index in [0.29, 0.717) is 11.8 Å². The van der Waals surface area contributed by atoms with E-state index in [-0.39, 0.29) is 5.97 Å². The van der Waals surface area contributed by atoms with Gasteiger partial charge in [0.2, 0.25) is 0 Å². The van der Waals surface area contributed by atoms with Gasteiger partial charge >= 0.3 is 5.97 Å². The molecule has 0 spiro atoms. The van der Waals surface area contributed by atoms with Gasteiger partial charge in [0.1, 0.15) is 5.60 Å². The van der Waals surface area contributed by atoms with Gasteiger partial charge in [0, 0.05) is 23.7 Å². The highest BCUT2D eigenvalue weighted by Crippen LogP contribution is 2.50. The van der Waals surface area contributed by atoms with Crippen LogP contribution in [-0.2, 0) is 21.4 Å². The first-order valence-electron chi connectivity index (χ1n) is 10.8. The molecule has 0 saturated heterocycles. The molecular weight excluding hydrogens is 374 g/mol. The molecule has 0 aromatic carbocycles. The molecule has 5 nitrogen and oxygen atoms in total. The molecule has 0 amide bonds. The van der Waals surface area contributed by atoms with Gasteiger partial charge in [-0.25, -0.2) is 0 Å². The third-order valence-corrected chi connectivity index (χ3v) is 6.50. The fourth-order valence-corrected chi connectivity index (χ4v) is 4.08. The minimum Gasteiger partial charge on any atom is -0.460 e. The number of hydrogen-bond donors (Lipinski definition) is 1. The molecule has 1 N–H and O–H groups in total. The molecule has 2 aliphatic rings. The fourth-order valence-electron chi connectivity index (χ4n) is 4.08. The smallest absolute Gasteiger partial charge is 0.312 e. The topological polar surface area (TPSA) is 67.9 Å². The van der Waals surface area contributed by atoms with Crippen molar-refractivity contribution in [3.05, 3.63) is 47.9 Å². The molecule has 156 valence electrons. The number of nitrogens with zero attached hydrogens (tertiary/aromatic N) is 2. The molecule has 5 rings (SSSR count). The lowest BCUT2D eigenvalue weighted by atomic mass is 9.98. The molecule has 0 radical (unpaired) electrons. The molecule has 3 aromatic rings. The average molecular weight is 404 g/mol. The Labute approximate surface area is 177 Å². The SMILES string of the molecule is CC(C)(C)OC(=O)C1(Cc2cc3cc(-c4cc(C5(C)CC5)ccn4)[nH]c3cn2)CC1. The first-order valence-corrected chi connectivity index (χ1v) is 10.8. The normalized spacial score (nSPS) is 18.9. The third kappa shape index (κ3) is 3.62. The van der Waals surface area contributed by atoms with Crippen LogP contribution in [0.15, 0.2) is 36.7 Å². The van der Waals surface area contributed by atoms with Crippen LogP contribution in [0, 0.1) is 5.41 Å². The van der Waals surface area contributed by atoms with Crippen LogP contribution in [0.4, 0.5) is 0 Å². The van der Waals surface area contributed by atoms with Crippen LogP contribution in [0.1, 0.15) is 64.6 Å². The van der Waals surface area contributed by atoms with Gasteiger partial charge in [0.15, 0.2) is 0 Å². The van der Waals surface area contributed by atoms with Crippen molar-refractivity contribution < 1.29 is 9.53 Å². The number of ether oxygens (including phenoxy) is 1. The van der Waals surface area contributed by atoms with E-state index in [9.17, 15) is 4.79 Å². The van der Waals surface area contributed by atoms with Gasteiger partial charge in [-0.1, -0.05) is 6.92 Å². The van der Waals surface area contributed by atoms with Gasteiger partial charge in [-0.3, -0.25) is 14.8 Å². The number of aromatic amines is 1. The molecule has 0 unspecified atom stereocenters. The lowest BCUT2D eigenvalue weighted by Crippen LogP contribution is -2.31. The van der Waals surface area contributed by atoms with Crippen molar-refractivity contribution >= 4 is 16.9 Å². The number of nitrogens with one attached hydrogen (secondary N) is 1. The molecule has 30 heavy (non-hydrogen) atoms. The molecule has 0 aliphatic heterocycles. The van der Waals surface area contributed by atoms with E-state index < -0.39 is 11.0 Å². The van der Waals surface area contributed by atoms with Crippen molar-refractivity contribution in [1.82, 2.24) is 15.0 Å². The summed E-state index contributed by atoms with van der Waals surface area (Å²) in [5.41, 5.74) is 4.71. The lowest BCUT2D eigenvalue weighted by Gasteiger charge is -2.23. The second-order valence-corrected chi connectivity index (χ2v) is 10.4. The third-order valence-electron chi connectivity index (χ3n) is 6.50. The van der Waals surface area contributed by atoms with Gasteiger partial charge in [-0.15, -0.1) is 0 Å². The lowest BCUT2D eigenvalue weighted by molar-refractivity contribution is -0.161. The van der Waals surface area contributed by atoms with E-state index in [0.717, 1.165) is 40.8 Å². The Morgan fingerprint density at radius 1 is 1.13 bits per heavy atom. The number of fused-ring (bicyclic) bond motifs is 1. The van der Waals surface area contributed by atoms with Gasteiger partial charge in [-0.2, -0.15) is 0 Å². The largest absolute Gasteiger partial charge is 0.460 e. The number of carbonyl (C=O) groups excluding carboxylic acids is 1. The molecule has 3 heterocycles. The number of hydrogen-bond acceptors (Lipinski definition) is 4. The van der Waals surface area contributed by atoms with Gasteiger partial charge < -0.3 is 9.72 Å². The number of carbonyl (C=O) groups is 1. The van der Waals surface area contributed by atoms with Crippen molar-refractivity contribution in [2.24, 2.45) is 5.41 Å². The van der Waals surface area contributed by atoms with Crippen molar-refractivity contribution in [2.45, 2.75) is 70.8 Å². The summed E-state index contributed by atoms with van der Waals surface area (Å²) in [5.74, 6) is -0.0961. The van der Waals surface area contributed by atoms with E-state index in [2.05, 4.69) is 46.1 Å². The van der Waals surface area contributed by atoms with Crippen LogP contribution in [0.25, 0.3) is 22.3 Å². The van der Waals surface area contributed by atoms with E-state index >= 15 is 0 Å². The van der Waals surface area contributed by atoms with Crippen LogP contribution in [-0.4, -0.2) is 26.5 Å². The highest BCUT2D eigenvalue weighted by atomic mass is 16.6. The number of rotatable bonds is 5. The van der Waals surface area contributed by atoms with Gasteiger partial charge in [-0.05, 0) is 81.7 Å². The van der Waals surface area contributed by atoms with E-state index in [1.54, 1.807) is 0 Å². The maximum atomic E-state index is 12.7. The molecule has 2 fully saturated rings. The van der Waals surface area contributed by atoms with E-state index in [1.165, 1.54) is 18.4 Å². The maximum absolute atomic E-state index is 12.7. The Kier molecular flexibility index (Phi) is 4.12. The van der Waals surface area contributed by atoms with E-state index in [4.69, 9.17) is 4.74 Å². The number of H-pyrrole nitrogens is 1. The van der Waals surface area contributed by atoms with E-state index in [1.807, 2.05) is 33.2 Å². The summed E-state index contributed by atoms with van der Waals surface area (Å²) >= 11 is 0. The highest BCUT2D eigenvalue weighted by molar-refractivity contribution is 5.85. The Balaban J connectivity index is 1.39. The summed E-state index contributed by atoms with van der Waals surface area (Å²) in [5, 5.41) is 1.10. The summed E-state index contributed by atoms with van der Waals surface area (Å²) in [6.45, 7) is 8.06. The number of pyridine rings is 2. The van der Waals surface area contributed by atoms with Crippen LogP contribution in [0.3, 0.4) is 0 Å².